The summed E-state index contributed by atoms with van der Waals surface area (Å²) >= 11 is 6.16. The number of rotatable bonds is 4. The highest BCUT2D eigenvalue weighted by Crippen LogP contribution is 2.30. The first-order chi connectivity index (χ1) is 13.5. The highest BCUT2D eigenvalue weighted by atomic mass is 35.5. The highest BCUT2D eigenvalue weighted by molar-refractivity contribution is 6.31. The molecule has 7 heteroatoms. The number of halogens is 2. The fourth-order valence-corrected chi connectivity index (χ4v) is 3.17. The molecule has 0 bridgehead atoms. The van der Waals surface area contributed by atoms with Gasteiger partial charge < -0.3 is 9.84 Å². The van der Waals surface area contributed by atoms with Crippen LogP contribution in [0.2, 0.25) is 5.02 Å². The van der Waals surface area contributed by atoms with Gasteiger partial charge in [0.15, 0.2) is 0 Å². The maximum absolute atomic E-state index is 13.3. The average molecular weight is 396 g/mol. The molecule has 0 atom stereocenters. The molecule has 0 fully saturated rings. The van der Waals surface area contributed by atoms with Gasteiger partial charge in [0, 0.05) is 22.8 Å². The van der Waals surface area contributed by atoms with E-state index in [1.54, 1.807) is 31.2 Å². The lowest BCUT2D eigenvalue weighted by Gasteiger charge is -2.09. The second-order valence-corrected chi connectivity index (χ2v) is 6.71. The van der Waals surface area contributed by atoms with Gasteiger partial charge >= 0.3 is 0 Å². The molecule has 0 aliphatic carbocycles. The Morgan fingerprint density at radius 2 is 1.93 bits per heavy atom. The van der Waals surface area contributed by atoms with E-state index >= 15 is 0 Å². The van der Waals surface area contributed by atoms with Crippen molar-refractivity contribution < 1.29 is 13.7 Å². The molecular formula is C21H15ClFN3O2. The third-order valence-corrected chi connectivity index (χ3v) is 4.70. The van der Waals surface area contributed by atoms with Gasteiger partial charge in [-0.15, -0.1) is 0 Å². The van der Waals surface area contributed by atoms with Gasteiger partial charge in [-0.2, -0.15) is 0 Å². The number of amides is 1. The van der Waals surface area contributed by atoms with Crippen LogP contribution in [-0.4, -0.2) is 16.0 Å². The summed E-state index contributed by atoms with van der Waals surface area (Å²) in [5.41, 5.74) is 3.13. The van der Waals surface area contributed by atoms with Gasteiger partial charge in [0.25, 0.3) is 11.6 Å². The van der Waals surface area contributed by atoms with Gasteiger partial charge in [-0.25, -0.2) is 9.37 Å². The van der Waals surface area contributed by atoms with Crippen LogP contribution in [0.3, 0.4) is 0 Å². The summed E-state index contributed by atoms with van der Waals surface area (Å²) in [7, 11) is 0. The van der Waals surface area contributed by atoms with E-state index in [1.165, 1.54) is 12.1 Å². The molecule has 0 aliphatic rings. The first-order valence-electron chi connectivity index (χ1n) is 8.57. The van der Waals surface area contributed by atoms with Gasteiger partial charge in [-0.3, -0.25) is 4.79 Å². The van der Waals surface area contributed by atoms with Crippen molar-refractivity contribution in [2.75, 3.05) is 0 Å². The molecular weight excluding hydrogens is 381 g/mol. The van der Waals surface area contributed by atoms with Crippen molar-refractivity contribution in [3.63, 3.8) is 0 Å². The van der Waals surface area contributed by atoms with Crippen molar-refractivity contribution >= 4 is 28.6 Å². The normalized spacial score (nSPS) is 11.0. The summed E-state index contributed by atoms with van der Waals surface area (Å²) in [5.74, 6) is -0.662. The van der Waals surface area contributed by atoms with Crippen LogP contribution >= 0.6 is 11.6 Å². The topological polar surface area (TPSA) is 68.0 Å². The Morgan fingerprint density at radius 1 is 1.18 bits per heavy atom. The van der Waals surface area contributed by atoms with Crippen LogP contribution in [0.15, 0.2) is 59.1 Å². The molecule has 140 valence electrons. The van der Waals surface area contributed by atoms with Crippen LogP contribution in [0.5, 0.6) is 0 Å². The molecule has 0 saturated heterocycles. The van der Waals surface area contributed by atoms with E-state index in [2.05, 4.69) is 15.5 Å². The number of nitrogens with zero attached hydrogens (tertiary/aromatic N) is 2. The molecule has 4 aromatic rings. The minimum Gasteiger partial charge on any atom is -0.348 e. The van der Waals surface area contributed by atoms with E-state index in [9.17, 15) is 9.18 Å². The van der Waals surface area contributed by atoms with E-state index in [1.807, 2.05) is 18.2 Å². The number of aromatic nitrogens is 2. The number of hydrogen-bond donors (Lipinski definition) is 1. The molecule has 0 saturated carbocycles. The number of pyridine rings is 1. The fraction of sp³-hybridized carbons (Fsp3) is 0.0952. The Hall–Kier alpha value is -3.25. The zero-order valence-corrected chi connectivity index (χ0v) is 15.6. The monoisotopic (exact) mass is 395 g/mol. The number of fused-ring (bicyclic) bond motifs is 1. The Bertz CT molecular complexity index is 1170. The number of carbonyl (C=O) groups excluding carboxylic acids is 1. The molecule has 1 amide bonds. The van der Waals surface area contributed by atoms with E-state index in [4.69, 9.17) is 16.1 Å². The Labute approximate surface area is 165 Å². The molecule has 2 aromatic heterocycles. The average Bonchev–Trinajstić information content (AvgIpc) is 3.10. The minimum atomic E-state index is -0.358. The van der Waals surface area contributed by atoms with Gasteiger partial charge in [-0.1, -0.05) is 35.0 Å². The molecule has 28 heavy (non-hydrogen) atoms. The first-order valence-corrected chi connectivity index (χ1v) is 8.95. The maximum Gasteiger partial charge on any atom is 0.259 e. The third kappa shape index (κ3) is 3.46. The van der Waals surface area contributed by atoms with Crippen LogP contribution in [0, 0.1) is 12.7 Å². The van der Waals surface area contributed by atoms with Gasteiger partial charge in [0.05, 0.1) is 10.9 Å². The van der Waals surface area contributed by atoms with Crippen molar-refractivity contribution in [2.45, 2.75) is 13.5 Å². The minimum absolute atomic E-state index is 0.252. The zero-order valence-electron chi connectivity index (χ0n) is 14.9. The molecule has 0 radical (unpaired) electrons. The van der Waals surface area contributed by atoms with E-state index in [0.717, 1.165) is 5.56 Å². The predicted octanol–water partition coefficient (Wildman–Crippen LogP) is 4.92. The maximum atomic E-state index is 13.3. The zero-order chi connectivity index (χ0) is 19.7. The molecule has 1 N–H and O–H groups in total. The van der Waals surface area contributed by atoms with Crippen LogP contribution < -0.4 is 5.32 Å². The lowest BCUT2D eigenvalue weighted by molar-refractivity contribution is 0.0952. The van der Waals surface area contributed by atoms with Crippen molar-refractivity contribution in [3.8, 4) is 11.3 Å². The molecule has 4 rings (SSSR count). The summed E-state index contributed by atoms with van der Waals surface area (Å²) in [4.78, 5) is 17.2. The number of carbonyl (C=O) groups is 1. The van der Waals surface area contributed by atoms with Gasteiger partial charge in [0.2, 0.25) is 0 Å². The molecule has 5 nitrogen and oxygen atoms in total. The lowest BCUT2D eigenvalue weighted by atomic mass is 10.0. The standard InChI is InChI=1S/C21H15ClFN3O2/c1-12-10-16(20(27)24-11-14-4-2-3-5-17(14)22)18-19(26-28-21(18)25-12)13-6-8-15(23)9-7-13/h2-10H,11H2,1H3,(H,24,27). The number of aryl methyl sites for hydroxylation is 1. The Balaban J connectivity index is 1.73. The second kappa shape index (κ2) is 7.40. The third-order valence-electron chi connectivity index (χ3n) is 4.33. The van der Waals surface area contributed by atoms with E-state index in [0.29, 0.717) is 32.9 Å². The molecule has 2 aromatic carbocycles. The predicted molar refractivity (Wildman–Crippen MR) is 105 cm³/mol. The van der Waals surface area contributed by atoms with Gasteiger partial charge in [0.1, 0.15) is 11.5 Å². The van der Waals surface area contributed by atoms with E-state index in [-0.39, 0.29) is 24.0 Å². The number of benzene rings is 2. The van der Waals surface area contributed by atoms with Gasteiger partial charge in [-0.05, 0) is 48.9 Å². The quantitative estimate of drug-likeness (QED) is 0.532. The molecule has 2 heterocycles. The van der Waals surface area contributed by atoms with Crippen LogP contribution in [0.1, 0.15) is 21.6 Å². The summed E-state index contributed by atoms with van der Waals surface area (Å²) < 4.78 is 18.6. The number of hydrogen-bond acceptors (Lipinski definition) is 4. The molecule has 0 spiro atoms. The largest absolute Gasteiger partial charge is 0.348 e. The summed E-state index contributed by atoms with van der Waals surface area (Å²) in [6.07, 6.45) is 0. The van der Waals surface area contributed by atoms with Crippen LogP contribution in [-0.2, 0) is 6.54 Å². The van der Waals surface area contributed by atoms with Crippen LogP contribution in [0.4, 0.5) is 4.39 Å². The Morgan fingerprint density at radius 3 is 2.68 bits per heavy atom. The summed E-state index contributed by atoms with van der Waals surface area (Å²) in [6.45, 7) is 2.04. The highest BCUT2D eigenvalue weighted by Gasteiger charge is 2.21. The van der Waals surface area contributed by atoms with Crippen molar-refractivity contribution in [3.05, 3.63) is 82.3 Å². The SMILES string of the molecule is Cc1cc(C(=O)NCc2ccccc2Cl)c2c(-c3ccc(F)cc3)noc2n1. The summed E-state index contributed by atoms with van der Waals surface area (Å²) in [5, 5.41) is 7.98. The smallest absolute Gasteiger partial charge is 0.259 e. The summed E-state index contributed by atoms with van der Waals surface area (Å²) in [6, 6.07) is 14.8. The van der Waals surface area contributed by atoms with E-state index < -0.39 is 0 Å². The first kappa shape index (κ1) is 18.1. The fourth-order valence-electron chi connectivity index (χ4n) is 2.97. The van der Waals surface area contributed by atoms with Crippen molar-refractivity contribution in [2.24, 2.45) is 0 Å². The van der Waals surface area contributed by atoms with Crippen molar-refractivity contribution in [1.82, 2.24) is 15.5 Å². The number of nitrogens with one attached hydrogen (secondary N) is 1. The molecule has 0 unspecified atom stereocenters. The lowest BCUT2D eigenvalue weighted by Crippen LogP contribution is -2.23. The molecule has 0 aliphatic heterocycles. The van der Waals surface area contributed by atoms with Crippen LogP contribution in [0.25, 0.3) is 22.4 Å². The second-order valence-electron chi connectivity index (χ2n) is 6.30. The Kier molecular flexibility index (Phi) is 4.79. The van der Waals surface area contributed by atoms with Crippen molar-refractivity contribution in [1.29, 1.82) is 0 Å².